The summed E-state index contributed by atoms with van der Waals surface area (Å²) in [4.78, 5) is 4.88. The fraction of sp³-hybridized carbons (Fsp3) is 0.105. The van der Waals surface area contributed by atoms with Crippen LogP contribution >= 0.6 is 11.6 Å². The van der Waals surface area contributed by atoms with Crippen molar-refractivity contribution in [2.24, 2.45) is 0 Å². The third-order valence-corrected chi connectivity index (χ3v) is 4.75. The number of hydrogen-bond donors (Lipinski definition) is 0. The van der Waals surface area contributed by atoms with Crippen LogP contribution in [0.5, 0.6) is 0 Å². The fourth-order valence-corrected chi connectivity index (χ4v) is 3.51. The minimum atomic E-state index is 0.807. The van der Waals surface area contributed by atoms with E-state index >= 15 is 0 Å². The molecule has 1 aromatic heterocycles. The highest BCUT2D eigenvalue weighted by Gasteiger charge is 2.14. The van der Waals surface area contributed by atoms with Gasteiger partial charge in [0, 0.05) is 16.2 Å². The molecule has 4 rings (SSSR count). The SMILES string of the molecule is Cc1c(C)c2c(Cl)c3ccccc3nc2c2ccccc12. The average Bonchev–Trinajstić information content (AvgIpc) is 2.52. The van der Waals surface area contributed by atoms with Crippen molar-refractivity contribution in [3.05, 3.63) is 64.7 Å². The van der Waals surface area contributed by atoms with Crippen molar-refractivity contribution >= 4 is 44.2 Å². The third-order valence-electron chi connectivity index (χ3n) is 4.35. The highest BCUT2D eigenvalue weighted by atomic mass is 35.5. The number of nitrogens with zero attached hydrogens (tertiary/aromatic N) is 1. The Hall–Kier alpha value is -2.12. The first-order chi connectivity index (χ1) is 10.2. The zero-order valence-electron chi connectivity index (χ0n) is 11.9. The van der Waals surface area contributed by atoms with E-state index in [4.69, 9.17) is 16.6 Å². The van der Waals surface area contributed by atoms with Crippen LogP contribution in [-0.2, 0) is 0 Å². The fourth-order valence-electron chi connectivity index (χ4n) is 3.11. The molecular formula is C19H14ClN. The van der Waals surface area contributed by atoms with E-state index in [-0.39, 0.29) is 0 Å². The van der Waals surface area contributed by atoms with Crippen molar-refractivity contribution in [1.82, 2.24) is 4.98 Å². The molecule has 0 N–H and O–H groups in total. The first-order valence-corrected chi connectivity index (χ1v) is 7.42. The molecule has 0 bridgehead atoms. The monoisotopic (exact) mass is 291 g/mol. The van der Waals surface area contributed by atoms with Crippen molar-refractivity contribution in [3.8, 4) is 0 Å². The van der Waals surface area contributed by atoms with Crippen LogP contribution in [-0.4, -0.2) is 4.98 Å². The summed E-state index contributed by atoms with van der Waals surface area (Å²) in [6, 6.07) is 16.5. The maximum atomic E-state index is 6.71. The van der Waals surface area contributed by atoms with Crippen LogP contribution < -0.4 is 0 Å². The minimum Gasteiger partial charge on any atom is -0.247 e. The molecule has 0 unspecified atom stereocenters. The van der Waals surface area contributed by atoms with E-state index in [9.17, 15) is 0 Å². The number of aryl methyl sites for hydroxylation is 2. The molecule has 3 aromatic carbocycles. The predicted octanol–water partition coefficient (Wildman–Crippen LogP) is 5.81. The molecule has 0 saturated carbocycles. The minimum absolute atomic E-state index is 0.807. The van der Waals surface area contributed by atoms with Crippen molar-refractivity contribution in [3.63, 3.8) is 0 Å². The zero-order chi connectivity index (χ0) is 14.6. The standard InChI is InChI=1S/C19H14ClN/c1-11-12(2)17-18(20)15-9-5-6-10-16(15)21-19(17)14-8-4-3-7-13(11)14/h3-10H,1-2H3. The summed E-state index contributed by atoms with van der Waals surface area (Å²) in [7, 11) is 0. The van der Waals surface area contributed by atoms with Crippen molar-refractivity contribution < 1.29 is 0 Å². The number of benzene rings is 3. The normalized spacial score (nSPS) is 11.6. The van der Waals surface area contributed by atoms with Gasteiger partial charge in [-0.15, -0.1) is 0 Å². The Labute approximate surface area is 128 Å². The van der Waals surface area contributed by atoms with Crippen molar-refractivity contribution in [2.75, 3.05) is 0 Å². The van der Waals surface area contributed by atoms with Crippen LogP contribution in [0, 0.1) is 13.8 Å². The highest BCUT2D eigenvalue weighted by molar-refractivity contribution is 6.41. The molecule has 1 nitrogen and oxygen atoms in total. The van der Waals surface area contributed by atoms with Gasteiger partial charge in [0.05, 0.1) is 16.1 Å². The summed E-state index contributed by atoms with van der Waals surface area (Å²) >= 11 is 6.71. The molecule has 0 spiro atoms. The molecular weight excluding hydrogens is 278 g/mol. The van der Waals surface area contributed by atoms with E-state index in [2.05, 4.69) is 38.1 Å². The maximum absolute atomic E-state index is 6.71. The molecule has 0 radical (unpaired) electrons. The van der Waals surface area contributed by atoms with Crippen molar-refractivity contribution in [1.29, 1.82) is 0 Å². The summed E-state index contributed by atoms with van der Waals surface area (Å²) in [6.45, 7) is 4.29. The summed E-state index contributed by atoms with van der Waals surface area (Å²) in [5.41, 5.74) is 4.44. The Morgan fingerprint density at radius 1 is 0.762 bits per heavy atom. The van der Waals surface area contributed by atoms with E-state index in [1.807, 2.05) is 24.3 Å². The van der Waals surface area contributed by atoms with Gasteiger partial charge in [0.1, 0.15) is 0 Å². The highest BCUT2D eigenvalue weighted by Crippen LogP contribution is 2.38. The van der Waals surface area contributed by atoms with Gasteiger partial charge in [-0.2, -0.15) is 0 Å². The quantitative estimate of drug-likeness (QED) is 0.294. The van der Waals surface area contributed by atoms with Gasteiger partial charge in [-0.1, -0.05) is 54.1 Å². The molecule has 0 aliphatic carbocycles. The largest absolute Gasteiger partial charge is 0.247 e. The second-order valence-corrected chi connectivity index (χ2v) is 5.84. The van der Waals surface area contributed by atoms with Crippen molar-refractivity contribution in [2.45, 2.75) is 13.8 Å². The molecule has 4 aromatic rings. The number of aromatic nitrogens is 1. The maximum Gasteiger partial charge on any atom is 0.0805 e. The lowest BCUT2D eigenvalue weighted by molar-refractivity contribution is 1.40. The summed E-state index contributed by atoms with van der Waals surface area (Å²) in [6.07, 6.45) is 0. The molecule has 102 valence electrons. The van der Waals surface area contributed by atoms with Crippen LogP contribution in [0.25, 0.3) is 32.6 Å². The van der Waals surface area contributed by atoms with E-state index in [0.29, 0.717) is 0 Å². The van der Waals surface area contributed by atoms with Gasteiger partial charge in [-0.25, -0.2) is 4.98 Å². The zero-order valence-corrected chi connectivity index (χ0v) is 12.7. The molecule has 0 aliphatic rings. The van der Waals surface area contributed by atoms with Crippen LogP contribution in [0.2, 0.25) is 5.02 Å². The lowest BCUT2D eigenvalue weighted by Gasteiger charge is -2.14. The molecule has 1 heterocycles. The van der Waals surface area contributed by atoms with E-state index in [1.54, 1.807) is 0 Å². The van der Waals surface area contributed by atoms with Gasteiger partial charge in [0.2, 0.25) is 0 Å². The first kappa shape index (κ1) is 12.6. The van der Waals surface area contributed by atoms with Gasteiger partial charge in [-0.3, -0.25) is 0 Å². The Bertz CT molecular complexity index is 1020. The number of fused-ring (bicyclic) bond motifs is 4. The Morgan fingerprint density at radius 2 is 1.38 bits per heavy atom. The first-order valence-electron chi connectivity index (χ1n) is 7.04. The average molecular weight is 292 g/mol. The van der Waals surface area contributed by atoms with Gasteiger partial charge >= 0.3 is 0 Å². The molecule has 0 amide bonds. The number of para-hydroxylation sites is 1. The molecule has 0 aliphatic heterocycles. The predicted molar refractivity (Wildman–Crippen MR) is 91.2 cm³/mol. The summed E-state index contributed by atoms with van der Waals surface area (Å²) < 4.78 is 0. The molecule has 0 saturated heterocycles. The van der Waals surface area contributed by atoms with Crippen LogP contribution in [0.3, 0.4) is 0 Å². The second kappa shape index (κ2) is 4.44. The summed E-state index contributed by atoms with van der Waals surface area (Å²) in [5.74, 6) is 0. The van der Waals surface area contributed by atoms with Crippen LogP contribution in [0.4, 0.5) is 0 Å². The Balaban J connectivity index is 2.39. The number of hydrogen-bond acceptors (Lipinski definition) is 1. The van der Waals surface area contributed by atoms with Gasteiger partial charge in [-0.05, 0) is 36.4 Å². The lowest BCUT2D eigenvalue weighted by Crippen LogP contribution is -1.93. The van der Waals surface area contributed by atoms with Crippen LogP contribution in [0.1, 0.15) is 11.1 Å². The summed E-state index contributed by atoms with van der Waals surface area (Å²) in [5, 5.41) is 5.32. The molecule has 2 heteroatoms. The van der Waals surface area contributed by atoms with Gasteiger partial charge in [0.25, 0.3) is 0 Å². The van der Waals surface area contributed by atoms with E-state index in [0.717, 1.165) is 26.8 Å². The van der Waals surface area contributed by atoms with E-state index in [1.165, 1.54) is 21.9 Å². The molecule has 21 heavy (non-hydrogen) atoms. The molecule has 0 atom stereocenters. The Morgan fingerprint density at radius 3 is 2.14 bits per heavy atom. The van der Waals surface area contributed by atoms with E-state index < -0.39 is 0 Å². The smallest absolute Gasteiger partial charge is 0.0805 e. The van der Waals surface area contributed by atoms with Gasteiger partial charge < -0.3 is 0 Å². The topological polar surface area (TPSA) is 12.9 Å². The number of halogens is 1. The third kappa shape index (κ3) is 1.68. The molecule has 0 fully saturated rings. The number of pyridine rings is 1. The van der Waals surface area contributed by atoms with Gasteiger partial charge in [0.15, 0.2) is 0 Å². The van der Waals surface area contributed by atoms with Crippen LogP contribution in [0.15, 0.2) is 48.5 Å². The second-order valence-electron chi connectivity index (χ2n) is 5.46. The Kier molecular flexibility index (Phi) is 2.66. The number of rotatable bonds is 0. The lowest BCUT2D eigenvalue weighted by atomic mass is 9.95.